The maximum absolute atomic E-state index is 12.3. The van der Waals surface area contributed by atoms with Crippen molar-refractivity contribution < 1.29 is 9.53 Å². The topological polar surface area (TPSA) is 29.5 Å². The van der Waals surface area contributed by atoms with Crippen molar-refractivity contribution in [1.82, 2.24) is 4.90 Å². The number of benzene rings is 1. The van der Waals surface area contributed by atoms with Crippen LogP contribution in [0.15, 0.2) is 22.7 Å². The van der Waals surface area contributed by atoms with Gasteiger partial charge in [0.1, 0.15) is 5.75 Å². The zero-order valence-electron chi connectivity index (χ0n) is 12.9. The number of ether oxygens (including phenoxy) is 1. The van der Waals surface area contributed by atoms with E-state index in [-0.39, 0.29) is 5.78 Å². The van der Waals surface area contributed by atoms with Crippen molar-refractivity contribution >= 4 is 21.7 Å². The Kier molecular flexibility index (Phi) is 6.24. The molecule has 0 N–H and O–H groups in total. The van der Waals surface area contributed by atoms with Gasteiger partial charge in [0.25, 0.3) is 0 Å². The van der Waals surface area contributed by atoms with Crippen LogP contribution in [0.3, 0.4) is 0 Å². The van der Waals surface area contributed by atoms with Crippen LogP contribution in [0.4, 0.5) is 0 Å². The van der Waals surface area contributed by atoms with Crippen molar-refractivity contribution in [1.29, 1.82) is 0 Å². The average molecular weight is 354 g/mol. The number of likely N-dealkylation sites (N-methyl/N-ethyl adjacent to an activating group) is 1. The molecule has 4 heteroatoms. The van der Waals surface area contributed by atoms with Gasteiger partial charge in [0.15, 0.2) is 5.78 Å². The SMILES string of the molecule is COc1ccc(C(=O)CN(C)CC2CCCCC2)cc1Br. The fourth-order valence-electron chi connectivity index (χ4n) is 3.05. The molecule has 1 saturated carbocycles. The highest BCUT2D eigenvalue weighted by molar-refractivity contribution is 9.10. The molecule has 0 saturated heterocycles. The molecule has 21 heavy (non-hydrogen) atoms. The highest BCUT2D eigenvalue weighted by Gasteiger charge is 2.17. The van der Waals surface area contributed by atoms with Crippen LogP contribution in [-0.4, -0.2) is 37.9 Å². The van der Waals surface area contributed by atoms with Crippen LogP contribution >= 0.6 is 15.9 Å². The van der Waals surface area contributed by atoms with Crippen LogP contribution in [-0.2, 0) is 0 Å². The first-order valence-electron chi connectivity index (χ1n) is 7.65. The molecule has 1 fully saturated rings. The highest BCUT2D eigenvalue weighted by Crippen LogP contribution is 2.26. The molecule has 1 aromatic rings. The minimum atomic E-state index is 0.164. The van der Waals surface area contributed by atoms with E-state index >= 15 is 0 Å². The van der Waals surface area contributed by atoms with Gasteiger partial charge < -0.3 is 4.74 Å². The maximum Gasteiger partial charge on any atom is 0.176 e. The minimum Gasteiger partial charge on any atom is -0.496 e. The molecule has 1 aromatic carbocycles. The van der Waals surface area contributed by atoms with E-state index in [1.807, 2.05) is 25.2 Å². The van der Waals surface area contributed by atoms with Gasteiger partial charge in [-0.05, 0) is 59.9 Å². The second kappa shape index (κ2) is 7.95. The second-order valence-electron chi connectivity index (χ2n) is 5.97. The molecule has 0 heterocycles. The number of hydrogen-bond donors (Lipinski definition) is 0. The van der Waals surface area contributed by atoms with Crippen LogP contribution in [0, 0.1) is 5.92 Å². The van der Waals surface area contributed by atoms with Gasteiger partial charge in [0, 0.05) is 12.1 Å². The smallest absolute Gasteiger partial charge is 0.176 e. The Bertz CT molecular complexity index is 484. The van der Waals surface area contributed by atoms with Gasteiger partial charge in [-0.2, -0.15) is 0 Å². The van der Waals surface area contributed by atoms with Gasteiger partial charge in [0.05, 0.1) is 18.1 Å². The molecule has 3 nitrogen and oxygen atoms in total. The summed E-state index contributed by atoms with van der Waals surface area (Å²) in [6.45, 7) is 1.51. The molecule has 0 aliphatic heterocycles. The van der Waals surface area contributed by atoms with Gasteiger partial charge in [-0.1, -0.05) is 19.3 Å². The predicted molar refractivity (Wildman–Crippen MR) is 89.1 cm³/mol. The van der Waals surface area contributed by atoms with Crippen molar-refractivity contribution in [2.45, 2.75) is 32.1 Å². The summed E-state index contributed by atoms with van der Waals surface area (Å²) >= 11 is 3.43. The summed E-state index contributed by atoms with van der Waals surface area (Å²) in [7, 11) is 3.67. The lowest BCUT2D eigenvalue weighted by atomic mass is 9.89. The van der Waals surface area contributed by atoms with Crippen LogP contribution in [0.2, 0.25) is 0 Å². The van der Waals surface area contributed by atoms with Gasteiger partial charge in [-0.3, -0.25) is 9.69 Å². The molecule has 0 atom stereocenters. The monoisotopic (exact) mass is 353 g/mol. The summed E-state index contributed by atoms with van der Waals surface area (Å²) in [4.78, 5) is 14.5. The van der Waals surface area contributed by atoms with E-state index in [1.54, 1.807) is 7.11 Å². The summed E-state index contributed by atoms with van der Waals surface area (Å²) in [5, 5.41) is 0. The first-order chi connectivity index (χ1) is 10.1. The number of nitrogens with zero attached hydrogens (tertiary/aromatic N) is 1. The second-order valence-corrected chi connectivity index (χ2v) is 6.83. The Balaban J connectivity index is 1.89. The normalized spacial score (nSPS) is 16.2. The molecule has 0 bridgehead atoms. The third kappa shape index (κ3) is 4.82. The lowest BCUT2D eigenvalue weighted by molar-refractivity contribution is 0.0932. The van der Waals surface area contributed by atoms with E-state index < -0.39 is 0 Å². The molecule has 2 rings (SSSR count). The largest absolute Gasteiger partial charge is 0.496 e. The summed E-state index contributed by atoms with van der Waals surface area (Å²) in [6.07, 6.45) is 6.69. The summed E-state index contributed by atoms with van der Waals surface area (Å²) in [6, 6.07) is 5.51. The van der Waals surface area contributed by atoms with E-state index in [2.05, 4.69) is 20.8 Å². The molecule has 0 unspecified atom stereocenters. The first kappa shape index (κ1) is 16.5. The number of halogens is 1. The fraction of sp³-hybridized carbons (Fsp3) is 0.588. The fourth-order valence-corrected chi connectivity index (χ4v) is 3.59. The standard InChI is InChI=1S/C17H24BrNO2/c1-19(11-13-6-4-3-5-7-13)12-16(20)14-8-9-17(21-2)15(18)10-14/h8-10,13H,3-7,11-12H2,1-2H3. The lowest BCUT2D eigenvalue weighted by Crippen LogP contribution is -2.31. The number of carbonyl (C=O) groups excluding carboxylic acids is 1. The van der Waals surface area contributed by atoms with Crippen molar-refractivity contribution in [3.8, 4) is 5.75 Å². The molecule has 0 aromatic heterocycles. The number of hydrogen-bond acceptors (Lipinski definition) is 3. The Labute approximate surface area is 135 Å². The van der Waals surface area contributed by atoms with Crippen molar-refractivity contribution in [2.24, 2.45) is 5.92 Å². The summed E-state index contributed by atoms with van der Waals surface area (Å²) < 4.78 is 6.02. The molecule has 0 radical (unpaired) electrons. The molecule has 0 amide bonds. The number of ketones is 1. The zero-order valence-corrected chi connectivity index (χ0v) is 14.5. The Morgan fingerprint density at radius 3 is 2.67 bits per heavy atom. The molecule has 116 valence electrons. The van der Waals surface area contributed by atoms with E-state index in [9.17, 15) is 4.79 Å². The van der Waals surface area contributed by atoms with Crippen molar-refractivity contribution in [2.75, 3.05) is 27.2 Å². The zero-order chi connectivity index (χ0) is 15.2. The minimum absolute atomic E-state index is 0.164. The molecule has 1 aliphatic rings. The molecule has 0 spiro atoms. The van der Waals surface area contributed by atoms with E-state index in [0.717, 1.165) is 28.2 Å². The Morgan fingerprint density at radius 2 is 2.05 bits per heavy atom. The van der Waals surface area contributed by atoms with Crippen LogP contribution in [0.25, 0.3) is 0 Å². The van der Waals surface area contributed by atoms with E-state index in [4.69, 9.17) is 4.74 Å². The number of carbonyl (C=O) groups is 1. The highest BCUT2D eigenvalue weighted by atomic mass is 79.9. The number of Topliss-reactive ketones (excluding diaryl/α,β-unsaturated/α-hetero) is 1. The molecule has 1 aliphatic carbocycles. The van der Waals surface area contributed by atoms with E-state index in [0.29, 0.717) is 6.54 Å². The van der Waals surface area contributed by atoms with Gasteiger partial charge in [-0.15, -0.1) is 0 Å². The average Bonchev–Trinajstić information content (AvgIpc) is 2.48. The van der Waals surface area contributed by atoms with Crippen molar-refractivity contribution in [3.63, 3.8) is 0 Å². The van der Waals surface area contributed by atoms with Crippen molar-refractivity contribution in [3.05, 3.63) is 28.2 Å². The molecular formula is C17H24BrNO2. The Hall–Kier alpha value is -0.870. The third-order valence-corrected chi connectivity index (χ3v) is 4.80. The third-order valence-electron chi connectivity index (χ3n) is 4.18. The summed E-state index contributed by atoms with van der Waals surface area (Å²) in [5.41, 5.74) is 0.734. The first-order valence-corrected chi connectivity index (χ1v) is 8.44. The summed E-state index contributed by atoms with van der Waals surface area (Å²) in [5.74, 6) is 1.68. The lowest BCUT2D eigenvalue weighted by Gasteiger charge is -2.26. The quantitative estimate of drug-likeness (QED) is 0.719. The van der Waals surface area contributed by atoms with E-state index in [1.165, 1.54) is 32.1 Å². The number of rotatable bonds is 6. The van der Waals surface area contributed by atoms with Crippen LogP contribution < -0.4 is 4.74 Å². The van der Waals surface area contributed by atoms with Gasteiger partial charge in [0.2, 0.25) is 0 Å². The maximum atomic E-state index is 12.3. The van der Waals surface area contributed by atoms with Crippen LogP contribution in [0.1, 0.15) is 42.5 Å². The van der Waals surface area contributed by atoms with Crippen LogP contribution in [0.5, 0.6) is 5.75 Å². The predicted octanol–water partition coefficient (Wildman–Crippen LogP) is 4.15. The molecular weight excluding hydrogens is 330 g/mol. The number of methoxy groups -OCH3 is 1. The Morgan fingerprint density at radius 1 is 1.33 bits per heavy atom. The van der Waals surface area contributed by atoms with Gasteiger partial charge in [-0.25, -0.2) is 0 Å². The van der Waals surface area contributed by atoms with Gasteiger partial charge >= 0.3 is 0 Å².